The number of nitrogens with zero attached hydrogens (tertiary/aromatic N) is 3. The van der Waals surface area contributed by atoms with E-state index in [0.29, 0.717) is 37.8 Å². The molecule has 3 aromatic carbocycles. The Labute approximate surface area is 249 Å². The number of hydrogen-bond donors (Lipinski definition) is 1. The Hall–Kier alpha value is -4.45. The molecule has 1 N–H and O–H groups in total. The zero-order valence-corrected chi connectivity index (χ0v) is 25.0. The van der Waals surface area contributed by atoms with Crippen LogP contribution < -0.4 is 14.4 Å². The number of ether oxygens (including phenoxy) is 2. The number of methoxy groups -OCH3 is 1. The van der Waals surface area contributed by atoms with Crippen molar-refractivity contribution in [3.8, 4) is 17.0 Å². The van der Waals surface area contributed by atoms with Crippen LogP contribution in [0.3, 0.4) is 0 Å². The highest BCUT2D eigenvalue weighted by molar-refractivity contribution is 7.92. The van der Waals surface area contributed by atoms with Crippen LogP contribution in [0.25, 0.3) is 21.9 Å². The highest BCUT2D eigenvalue weighted by Crippen LogP contribution is 2.35. The van der Waals surface area contributed by atoms with Crippen molar-refractivity contribution in [2.75, 3.05) is 42.9 Å². The number of benzene rings is 3. The largest absolute Gasteiger partial charge is 0.480 e. The SMILES string of the molecule is COc1ncc(-c2ccc3cccc(N4CCN(C(=O)OC(C)(C)C)CC4)c3c2)cc1NS(=O)(=O)c1ccc(F)cc1F. The minimum atomic E-state index is -4.42. The average Bonchev–Trinajstić information content (AvgIpc) is 2.95. The molecule has 0 aliphatic carbocycles. The molecule has 2 heterocycles. The van der Waals surface area contributed by atoms with E-state index in [1.165, 1.54) is 7.11 Å². The third-order valence-electron chi connectivity index (χ3n) is 6.94. The summed E-state index contributed by atoms with van der Waals surface area (Å²) in [5.74, 6) is -2.12. The Morgan fingerprint density at radius 1 is 0.953 bits per heavy atom. The van der Waals surface area contributed by atoms with E-state index in [4.69, 9.17) is 9.47 Å². The van der Waals surface area contributed by atoms with Crippen molar-refractivity contribution in [2.45, 2.75) is 31.3 Å². The fourth-order valence-electron chi connectivity index (χ4n) is 4.91. The molecule has 1 aliphatic heterocycles. The molecule has 12 heteroatoms. The van der Waals surface area contributed by atoms with Crippen LogP contribution in [-0.4, -0.2) is 63.3 Å². The first-order valence-electron chi connectivity index (χ1n) is 13.6. The number of piperazine rings is 1. The zero-order chi connectivity index (χ0) is 30.9. The fourth-order valence-corrected chi connectivity index (χ4v) is 6.02. The molecule has 0 atom stereocenters. The predicted octanol–water partition coefficient (Wildman–Crippen LogP) is 6.05. The molecule has 43 heavy (non-hydrogen) atoms. The highest BCUT2D eigenvalue weighted by atomic mass is 32.2. The van der Waals surface area contributed by atoms with Gasteiger partial charge in [-0.25, -0.2) is 27.0 Å². The third-order valence-corrected chi connectivity index (χ3v) is 8.34. The summed E-state index contributed by atoms with van der Waals surface area (Å²) >= 11 is 0. The molecule has 0 unspecified atom stereocenters. The molecule has 0 spiro atoms. The van der Waals surface area contributed by atoms with Gasteiger partial charge in [-0.1, -0.05) is 24.3 Å². The average molecular weight is 611 g/mol. The van der Waals surface area contributed by atoms with E-state index in [-0.39, 0.29) is 17.7 Å². The molecule has 0 bridgehead atoms. The number of rotatable bonds is 6. The highest BCUT2D eigenvalue weighted by Gasteiger charge is 2.27. The number of nitrogens with one attached hydrogen (secondary N) is 1. The first-order valence-corrected chi connectivity index (χ1v) is 15.1. The Bertz CT molecular complexity index is 1790. The number of pyridine rings is 1. The Balaban J connectivity index is 1.43. The second-order valence-electron chi connectivity index (χ2n) is 11.1. The van der Waals surface area contributed by atoms with Gasteiger partial charge in [0.15, 0.2) is 0 Å². The lowest BCUT2D eigenvalue weighted by Gasteiger charge is -2.37. The van der Waals surface area contributed by atoms with Crippen LogP contribution >= 0.6 is 0 Å². The van der Waals surface area contributed by atoms with E-state index < -0.39 is 32.2 Å². The standard InChI is InChI=1S/C31H32F2N4O5S/c1-31(2,3)42-30(38)37-14-12-36(13-15-37)27-7-5-6-20-8-9-21(16-24(20)27)22-17-26(29(41-4)34-19-22)35-43(39,40)28-11-10-23(32)18-25(28)33/h5-11,16-19,35H,12-15H2,1-4H3. The predicted molar refractivity (Wildman–Crippen MR) is 161 cm³/mol. The van der Waals surface area contributed by atoms with E-state index in [0.717, 1.165) is 34.2 Å². The summed E-state index contributed by atoms with van der Waals surface area (Å²) in [5, 5.41) is 1.97. The molecule has 1 amide bonds. The number of hydrogen-bond acceptors (Lipinski definition) is 7. The minimum absolute atomic E-state index is 0.00429. The zero-order valence-electron chi connectivity index (χ0n) is 24.2. The van der Waals surface area contributed by atoms with Gasteiger partial charge in [-0.2, -0.15) is 0 Å². The monoisotopic (exact) mass is 610 g/mol. The molecule has 4 aromatic rings. The van der Waals surface area contributed by atoms with Gasteiger partial charge >= 0.3 is 6.09 Å². The minimum Gasteiger partial charge on any atom is -0.480 e. The quantitative estimate of drug-likeness (QED) is 0.284. The second-order valence-corrected chi connectivity index (χ2v) is 12.8. The normalized spacial score (nSPS) is 14.1. The van der Waals surface area contributed by atoms with E-state index in [1.807, 2.05) is 57.2 Å². The summed E-state index contributed by atoms with van der Waals surface area (Å²) < 4.78 is 66.7. The molecular formula is C31H32F2N4O5S. The van der Waals surface area contributed by atoms with Crippen molar-refractivity contribution in [1.82, 2.24) is 9.88 Å². The maximum Gasteiger partial charge on any atom is 0.410 e. The number of carbonyl (C=O) groups excluding carboxylic acids is 1. The van der Waals surface area contributed by atoms with Crippen LogP contribution in [0, 0.1) is 11.6 Å². The van der Waals surface area contributed by atoms with Gasteiger partial charge in [0, 0.05) is 55.1 Å². The maximum absolute atomic E-state index is 14.3. The van der Waals surface area contributed by atoms with Crippen molar-refractivity contribution in [1.29, 1.82) is 0 Å². The summed E-state index contributed by atoms with van der Waals surface area (Å²) in [6.45, 7) is 7.82. The number of carbonyl (C=O) groups is 1. The summed E-state index contributed by atoms with van der Waals surface area (Å²) in [4.78, 5) is 20.0. The lowest BCUT2D eigenvalue weighted by Crippen LogP contribution is -2.50. The van der Waals surface area contributed by atoms with E-state index >= 15 is 0 Å². The van der Waals surface area contributed by atoms with Crippen LogP contribution in [0.2, 0.25) is 0 Å². The maximum atomic E-state index is 14.3. The molecule has 226 valence electrons. The van der Waals surface area contributed by atoms with Gasteiger partial charge in [0.2, 0.25) is 5.88 Å². The summed E-state index contributed by atoms with van der Waals surface area (Å²) in [6, 6.07) is 15.6. The molecule has 1 aromatic heterocycles. The van der Waals surface area contributed by atoms with Gasteiger partial charge in [-0.05, 0) is 62.1 Å². The smallest absolute Gasteiger partial charge is 0.410 e. The first-order chi connectivity index (χ1) is 20.3. The molecular weight excluding hydrogens is 578 g/mol. The summed E-state index contributed by atoms with van der Waals surface area (Å²) in [6.07, 6.45) is 1.23. The van der Waals surface area contributed by atoms with Gasteiger partial charge in [0.1, 0.15) is 27.8 Å². The van der Waals surface area contributed by atoms with Crippen LogP contribution in [0.4, 0.5) is 25.0 Å². The van der Waals surface area contributed by atoms with Crippen LogP contribution in [-0.2, 0) is 14.8 Å². The van der Waals surface area contributed by atoms with Crippen LogP contribution in [0.15, 0.2) is 71.8 Å². The number of amides is 1. The number of anilines is 2. The molecule has 1 fully saturated rings. The number of aromatic nitrogens is 1. The number of sulfonamides is 1. The third kappa shape index (κ3) is 6.64. The van der Waals surface area contributed by atoms with Gasteiger partial charge < -0.3 is 19.3 Å². The van der Waals surface area contributed by atoms with E-state index in [1.54, 1.807) is 17.2 Å². The first kappa shape index (κ1) is 30.0. The molecule has 1 aliphatic rings. The molecule has 5 rings (SSSR count). The number of halogens is 2. The number of fused-ring (bicyclic) bond motifs is 1. The Morgan fingerprint density at radius 3 is 2.37 bits per heavy atom. The molecule has 0 radical (unpaired) electrons. The van der Waals surface area contributed by atoms with Crippen LogP contribution in [0.5, 0.6) is 5.88 Å². The summed E-state index contributed by atoms with van der Waals surface area (Å²) in [5.41, 5.74) is 1.78. The van der Waals surface area contributed by atoms with Gasteiger partial charge in [-0.15, -0.1) is 0 Å². The van der Waals surface area contributed by atoms with Crippen molar-refractivity contribution in [3.63, 3.8) is 0 Å². The summed E-state index contributed by atoms with van der Waals surface area (Å²) in [7, 11) is -3.09. The fraction of sp³-hybridized carbons (Fsp3) is 0.290. The Kier molecular flexibility index (Phi) is 8.15. The topological polar surface area (TPSA) is 101 Å². The lowest BCUT2D eigenvalue weighted by molar-refractivity contribution is 0.0240. The molecule has 9 nitrogen and oxygen atoms in total. The van der Waals surface area contributed by atoms with Crippen LogP contribution in [0.1, 0.15) is 20.8 Å². The van der Waals surface area contributed by atoms with Gasteiger partial charge in [0.05, 0.1) is 7.11 Å². The Morgan fingerprint density at radius 2 is 1.70 bits per heavy atom. The van der Waals surface area contributed by atoms with Gasteiger partial charge in [-0.3, -0.25) is 4.72 Å². The van der Waals surface area contributed by atoms with E-state index in [2.05, 4.69) is 14.6 Å². The molecule has 0 saturated carbocycles. The lowest BCUT2D eigenvalue weighted by atomic mass is 10.0. The van der Waals surface area contributed by atoms with Gasteiger partial charge in [0.25, 0.3) is 10.0 Å². The van der Waals surface area contributed by atoms with Crippen molar-refractivity contribution in [3.05, 3.63) is 78.5 Å². The molecule has 1 saturated heterocycles. The van der Waals surface area contributed by atoms with Crippen molar-refractivity contribution >= 4 is 38.3 Å². The second kappa shape index (κ2) is 11.7. The van der Waals surface area contributed by atoms with E-state index in [9.17, 15) is 22.0 Å². The van der Waals surface area contributed by atoms with Crippen molar-refractivity contribution < 1.29 is 31.5 Å². The van der Waals surface area contributed by atoms with Crippen molar-refractivity contribution in [2.24, 2.45) is 0 Å².